The summed E-state index contributed by atoms with van der Waals surface area (Å²) in [7, 11) is 0. The van der Waals surface area contributed by atoms with E-state index < -0.39 is 24.0 Å². The Labute approximate surface area is 165 Å². The number of hydrogen-bond acceptors (Lipinski definition) is 8. The molecule has 12 N–H and O–H groups in total. The summed E-state index contributed by atoms with van der Waals surface area (Å²) in [5.41, 5.74) is 32.3. The van der Waals surface area contributed by atoms with Crippen molar-refractivity contribution in [2.75, 3.05) is 26.3 Å². The Morgan fingerprint density at radius 1 is 0.679 bits per heavy atom. The minimum atomic E-state index is -0.719. The Hall–Kier alpha value is -2.60. The number of carbonyl (C=O) groups is 2. The molecule has 0 aromatic heterocycles. The first kappa shape index (κ1) is 25.4. The van der Waals surface area contributed by atoms with Gasteiger partial charge in [-0.15, -0.1) is 0 Å². The van der Waals surface area contributed by atoms with Crippen LogP contribution in [0.3, 0.4) is 0 Å². The summed E-state index contributed by atoms with van der Waals surface area (Å²) in [6.07, 6.45) is 3.09. The lowest BCUT2D eigenvalue weighted by atomic mass is 10.2. The molecule has 0 spiro atoms. The average Bonchev–Trinajstić information content (AvgIpc) is 2.63. The first-order valence-corrected chi connectivity index (χ1v) is 9.19. The van der Waals surface area contributed by atoms with Crippen molar-refractivity contribution < 1.29 is 19.1 Å². The van der Waals surface area contributed by atoms with E-state index in [0.717, 1.165) is 0 Å². The SMILES string of the molecule is NC(N)=NCCC[C@H](N)C(=O)OCCCCOC(=O)[C@@H](N)CCCN=C(N)N. The Morgan fingerprint density at radius 2 is 1.04 bits per heavy atom. The van der Waals surface area contributed by atoms with Crippen LogP contribution in [0.1, 0.15) is 38.5 Å². The van der Waals surface area contributed by atoms with E-state index in [2.05, 4.69) is 9.98 Å². The molecule has 0 bridgehead atoms. The van der Waals surface area contributed by atoms with Gasteiger partial charge in [0.25, 0.3) is 0 Å². The Kier molecular flexibility index (Phi) is 14.0. The van der Waals surface area contributed by atoms with Crippen LogP contribution in [0.2, 0.25) is 0 Å². The zero-order valence-corrected chi connectivity index (χ0v) is 16.2. The summed E-state index contributed by atoms with van der Waals surface area (Å²) in [6.45, 7) is 1.21. The maximum Gasteiger partial charge on any atom is 0.322 e. The fourth-order valence-electron chi connectivity index (χ4n) is 2.04. The van der Waals surface area contributed by atoms with Crippen LogP contribution in [-0.4, -0.2) is 62.2 Å². The molecule has 0 aliphatic carbocycles. The number of hydrogen-bond donors (Lipinski definition) is 6. The topological polar surface area (TPSA) is 233 Å². The fourth-order valence-corrected chi connectivity index (χ4v) is 2.04. The second-order valence-corrected chi connectivity index (χ2v) is 6.15. The van der Waals surface area contributed by atoms with Crippen molar-refractivity contribution in [2.24, 2.45) is 44.4 Å². The molecule has 0 saturated heterocycles. The van der Waals surface area contributed by atoms with Gasteiger partial charge in [0, 0.05) is 13.1 Å². The lowest BCUT2D eigenvalue weighted by Crippen LogP contribution is -2.33. The number of carbonyl (C=O) groups excluding carboxylic acids is 2. The van der Waals surface area contributed by atoms with E-state index in [9.17, 15) is 9.59 Å². The van der Waals surface area contributed by atoms with Crippen molar-refractivity contribution in [3.05, 3.63) is 0 Å². The Morgan fingerprint density at radius 3 is 1.36 bits per heavy atom. The van der Waals surface area contributed by atoms with E-state index in [1.807, 2.05) is 0 Å². The summed E-state index contributed by atoms with van der Waals surface area (Å²) in [5, 5.41) is 0. The van der Waals surface area contributed by atoms with Crippen molar-refractivity contribution in [1.29, 1.82) is 0 Å². The molecule has 0 aromatic carbocycles. The zero-order chi connectivity index (χ0) is 21.4. The molecule has 0 saturated carbocycles. The number of rotatable bonds is 15. The summed E-state index contributed by atoms with van der Waals surface area (Å²) in [4.78, 5) is 31.0. The maximum absolute atomic E-state index is 11.7. The van der Waals surface area contributed by atoms with Gasteiger partial charge in [-0.1, -0.05) is 0 Å². The molecule has 0 rings (SSSR count). The highest BCUT2D eigenvalue weighted by atomic mass is 16.5. The van der Waals surface area contributed by atoms with Crippen molar-refractivity contribution >= 4 is 23.9 Å². The van der Waals surface area contributed by atoms with Crippen LogP contribution in [0.25, 0.3) is 0 Å². The normalized spacial score (nSPS) is 12.5. The van der Waals surface area contributed by atoms with Crippen LogP contribution < -0.4 is 34.4 Å². The van der Waals surface area contributed by atoms with Gasteiger partial charge in [-0.05, 0) is 38.5 Å². The Balaban J connectivity index is 3.70. The standard InChI is InChI=1S/C16H34N8O4/c17-11(5-3-7-23-15(19)20)13(25)27-9-1-2-10-28-14(26)12(18)6-4-8-24-16(21)22/h11-12H,1-10,17-18H2,(H4,19,20,23)(H4,21,22,24)/t11-,12-/m0/s1. The zero-order valence-electron chi connectivity index (χ0n) is 16.2. The number of guanidine groups is 2. The van der Waals surface area contributed by atoms with Crippen LogP contribution in [0.4, 0.5) is 0 Å². The summed E-state index contributed by atoms with van der Waals surface area (Å²) >= 11 is 0. The monoisotopic (exact) mass is 402 g/mol. The maximum atomic E-state index is 11.7. The Bertz CT molecular complexity index is 473. The van der Waals surface area contributed by atoms with Gasteiger partial charge in [-0.25, -0.2) is 0 Å². The number of nitrogens with two attached hydrogens (primary N) is 6. The molecule has 0 amide bonds. The number of esters is 2. The lowest BCUT2D eigenvalue weighted by molar-refractivity contribution is -0.147. The second kappa shape index (κ2) is 15.5. The molecule has 0 aliphatic rings. The first-order chi connectivity index (χ1) is 13.2. The number of unbranched alkanes of at least 4 members (excludes halogenated alkanes) is 1. The summed E-state index contributed by atoms with van der Waals surface area (Å²) < 4.78 is 10.1. The van der Waals surface area contributed by atoms with E-state index in [0.29, 0.717) is 51.6 Å². The third-order valence-electron chi connectivity index (χ3n) is 3.57. The molecule has 12 nitrogen and oxygen atoms in total. The van der Waals surface area contributed by atoms with Gasteiger partial charge in [0.1, 0.15) is 12.1 Å². The van der Waals surface area contributed by atoms with E-state index in [1.165, 1.54) is 0 Å². The van der Waals surface area contributed by atoms with E-state index in [1.54, 1.807) is 0 Å². The smallest absolute Gasteiger partial charge is 0.322 e. The van der Waals surface area contributed by atoms with Crippen LogP contribution in [0.5, 0.6) is 0 Å². The molecule has 2 atom stereocenters. The summed E-state index contributed by atoms with van der Waals surface area (Å²) in [5.74, 6) is -0.957. The molecule has 0 radical (unpaired) electrons. The molecular weight excluding hydrogens is 368 g/mol. The van der Waals surface area contributed by atoms with Crippen LogP contribution >= 0.6 is 0 Å². The van der Waals surface area contributed by atoms with Gasteiger partial charge < -0.3 is 43.9 Å². The van der Waals surface area contributed by atoms with Crippen molar-refractivity contribution in [2.45, 2.75) is 50.6 Å². The summed E-state index contributed by atoms with van der Waals surface area (Å²) in [6, 6.07) is -1.44. The molecule has 0 aromatic rings. The quantitative estimate of drug-likeness (QED) is 0.0735. The molecule has 162 valence electrons. The molecule has 0 heterocycles. The molecule has 28 heavy (non-hydrogen) atoms. The molecule has 0 unspecified atom stereocenters. The third kappa shape index (κ3) is 14.6. The number of ether oxygens (including phenoxy) is 2. The average molecular weight is 403 g/mol. The van der Waals surface area contributed by atoms with Gasteiger partial charge in [-0.3, -0.25) is 19.6 Å². The van der Waals surface area contributed by atoms with E-state index >= 15 is 0 Å². The first-order valence-electron chi connectivity index (χ1n) is 9.19. The van der Waals surface area contributed by atoms with Crippen LogP contribution in [0, 0.1) is 0 Å². The predicted molar refractivity (Wildman–Crippen MR) is 107 cm³/mol. The lowest BCUT2D eigenvalue weighted by Gasteiger charge is -2.12. The third-order valence-corrected chi connectivity index (χ3v) is 3.57. The minimum absolute atomic E-state index is 0.00347. The highest BCUT2D eigenvalue weighted by Crippen LogP contribution is 2.01. The van der Waals surface area contributed by atoms with Gasteiger partial charge in [-0.2, -0.15) is 0 Å². The van der Waals surface area contributed by atoms with Gasteiger partial charge >= 0.3 is 11.9 Å². The van der Waals surface area contributed by atoms with Crippen molar-refractivity contribution in [3.8, 4) is 0 Å². The van der Waals surface area contributed by atoms with Crippen molar-refractivity contribution in [3.63, 3.8) is 0 Å². The minimum Gasteiger partial charge on any atom is -0.465 e. The van der Waals surface area contributed by atoms with Gasteiger partial charge in [0.2, 0.25) is 0 Å². The van der Waals surface area contributed by atoms with E-state index in [-0.39, 0.29) is 25.1 Å². The largest absolute Gasteiger partial charge is 0.465 e. The second-order valence-electron chi connectivity index (χ2n) is 6.15. The van der Waals surface area contributed by atoms with E-state index in [4.69, 9.17) is 43.9 Å². The number of aliphatic imine (C=N–C) groups is 2. The van der Waals surface area contributed by atoms with Crippen molar-refractivity contribution in [1.82, 2.24) is 0 Å². The highest BCUT2D eigenvalue weighted by molar-refractivity contribution is 5.76. The van der Waals surface area contributed by atoms with Crippen LogP contribution in [0.15, 0.2) is 9.98 Å². The van der Waals surface area contributed by atoms with Gasteiger partial charge in [0.05, 0.1) is 13.2 Å². The highest BCUT2D eigenvalue weighted by Gasteiger charge is 2.15. The fraction of sp³-hybridized carbons (Fsp3) is 0.750. The number of nitrogens with zero attached hydrogens (tertiary/aromatic N) is 2. The molecular formula is C16H34N8O4. The van der Waals surface area contributed by atoms with Crippen LogP contribution in [-0.2, 0) is 19.1 Å². The molecule has 0 fully saturated rings. The molecule has 12 heteroatoms. The van der Waals surface area contributed by atoms with Gasteiger partial charge in [0.15, 0.2) is 11.9 Å². The predicted octanol–water partition coefficient (Wildman–Crippen LogP) is -2.39. The molecule has 0 aliphatic heterocycles.